The molecule has 4 nitrogen and oxygen atoms in total. The lowest BCUT2D eigenvalue weighted by atomic mass is 10.3. The smallest absolute Gasteiger partial charge is 0.168 e. The van der Waals surface area contributed by atoms with Crippen molar-refractivity contribution in [3.05, 3.63) is 24.0 Å². The summed E-state index contributed by atoms with van der Waals surface area (Å²) in [5.41, 5.74) is 6.94. The minimum atomic E-state index is -0.261. The molecule has 0 radical (unpaired) electrons. The molecule has 0 saturated heterocycles. The maximum atomic E-state index is 13.1. The topological polar surface area (TPSA) is 53.1 Å². The zero-order chi connectivity index (χ0) is 13.0. The van der Waals surface area contributed by atoms with E-state index in [1.54, 1.807) is 17.8 Å². The average molecular weight is 269 g/mol. The van der Waals surface area contributed by atoms with Crippen molar-refractivity contribution in [2.45, 2.75) is 5.16 Å². The third kappa shape index (κ3) is 3.01. The van der Waals surface area contributed by atoms with Crippen LogP contribution in [0.15, 0.2) is 23.4 Å². The van der Waals surface area contributed by atoms with Crippen molar-refractivity contribution < 1.29 is 9.13 Å². The number of hydrogen-bond donors (Lipinski definition) is 1. The summed E-state index contributed by atoms with van der Waals surface area (Å²) < 4.78 is 20.3. The Morgan fingerprint density at radius 3 is 3.06 bits per heavy atom. The molecule has 18 heavy (non-hydrogen) atoms. The Morgan fingerprint density at radius 1 is 1.44 bits per heavy atom. The fourth-order valence-corrected chi connectivity index (χ4v) is 2.50. The Morgan fingerprint density at radius 2 is 2.28 bits per heavy atom. The van der Waals surface area contributed by atoms with E-state index in [1.165, 1.54) is 12.1 Å². The summed E-state index contributed by atoms with van der Waals surface area (Å²) in [4.78, 5) is 4.40. The molecule has 0 bridgehead atoms. The minimum Gasteiger partial charge on any atom is -0.379 e. The molecule has 0 aliphatic heterocycles. The van der Waals surface area contributed by atoms with Crippen molar-refractivity contribution in [1.82, 2.24) is 9.55 Å². The molecule has 0 spiro atoms. The van der Waals surface area contributed by atoms with Gasteiger partial charge in [-0.1, -0.05) is 11.8 Å². The van der Waals surface area contributed by atoms with Crippen LogP contribution in [0.3, 0.4) is 0 Å². The number of imidazole rings is 1. The predicted octanol–water partition coefficient (Wildman–Crippen LogP) is 1.78. The third-order valence-corrected chi connectivity index (χ3v) is 3.52. The van der Waals surface area contributed by atoms with Crippen LogP contribution in [-0.4, -0.2) is 35.1 Å². The van der Waals surface area contributed by atoms with Crippen LogP contribution in [0.4, 0.5) is 4.39 Å². The predicted molar refractivity (Wildman–Crippen MR) is 71.3 cm³/mol. The van der Waals surface area contributed by atoms with Gasteiger partial charge in [-0.25, -0.2) is 9.37 Å². The normalized spacial score (nSPS) is 11.3. The summed E-state index contributed by atoms with van der Waals surface area (Å²) in [6.45, 7) is 1.75. The van der Waals surface area contributed by atoms with E-state index in [9.17, 15) is 4.39 Å². The molecule has 0 unspecified atom stereocenters. The molecule has 1 aromatic heterocycles. The molecule has 98 valence electrons. The number of benzene rings is 1. The Hall–Kier alpha value is -1.11. The third-order valence-electron chi connectivity index (χ3n) is 2.52. The summed E-state index contributed by atoms with van der Waals surface area (Å²) in [7, 11) is 1.93. The molecule has 0 aliphatic carbocycles. The number of ether oxygens (including phenoxy) is 1. The first-order valence-corrected chi connectivity index (χ1v) is 6.73. The van der Waals surface area contributed by atoms with Crippen molar-refractivity contribution in [3.63, 3.8) is 0 Å². The van der Waals surface area contributed by atoms with Gasteiger partial charge >= 0.3 is 0 Å². The quantitative estimate of drug-likeness (QED) is 0.641. The summed E-state index contributed by atoms with van der Waals surface area (Å²) >= 11 is 1.59. The molecule has 0 amide bonds. The molecular weight excluding hydrogens is 253 g/mol. The number of thioether (sulfide) groups is 1. The van der Waals surface area contributed by atoms with E-state index in [0.717, 1.165) is 16.4 Å². The Balaban J connectivity index is 2.02. The van der Waals surface area contributed by atoms with Gasteiger partial charge in [0.1, 0.15) is 5.82 Å². The first-order chi connectivity index (χ1) is 8.72. The van der Waals surface area contributed by atoms with Crippen LogP contribution in [0, 0.1) is 5.82 Å². The van der Waals surface area contributed by atoms with Crippen LogP contribution in [0.2, 0.25) is 0 Å². The van der Waals surface area contributed by atoms with Crippen LogP contribution < -0.4 is 5.73 Å². The fourth-order valence-electron chi connectivity index (χ4n) is 1.66. The number of hydrogen-bond acceptors (Lipinski definition) is 4. The number of nitrogens with two attached hydrogens (primary N) is 1. The van der Waals surface area contributed by atoms with Crippen LogP contribution >= 0.6 is 11.8 Å². The molecule has 0 saturated carbocycles. The van der Waals surface area contributed by atoms with Crippen molar-refractivity contribution in [1.29, 1.82) is 0 Å². The summed E-state index contributed by atoms with van der Waals surface area (Å²) in [6, 6.07) is 4.64. The van der Waals surface area contributed by atoms with E-state index in [1.807, 2.05) is 11.6 Å². The molecule has 1 aromatic carbocycles. The Kier molecular flexibility index (Phi) is 4.57. The number of halogens is 1. The Bertz CT molecular complexity index is 529. The van der Waals surface area contributed by atoms with Crippen molar-refractivity contribution in [2.24, 2.45) is 12.8 Å². The lowest BCUT2D eigenvalue weighted by molar-refractivity contribution is 0.158. The summed E-state index contributed by atoms with van der Waals surface area (Å²) in [5, 5.41) is 0.868. The Labute approximate surface area is 109 Å². The molecular formula is C12H16FN3OS. The zero-order valence-electron chi connectivity index (χ0n) is 10.2. The molecule has 2 N–H and O–H groups in total. The highest BCUT2D eigenvalue weighted by molar-refractivity contribution is 7.99. The maximum Gasteiger partial charge on any atom is 0.168 e. The van der Waals surface area contributed by atoms with E-state index < -0.39 is 0 Å². The van der Waals surface area contributed by atoms with E-state index in [2.05, 4.69) is 4.98 Å². The van der Waals surface area contributed by atoms with E-state index in [4.69, 9.17) is 10.5 Å². The van der Waals surface area contributed by atoms with E-state index in [0.29, 0.717) is 25.3 Å². The first kappa shape index (κ1) is 13.3. The second kappa shape index (κ2) is 6.17. The molecule has 0 atom stereocenters. The van der Waals surface area contributed by atoms with Gasteiger partial charge in [-0.15, -0.1) is 0 Å². The lowest BCUT2D eigenvalue weighted by Gasteiger charge is -2.03. The first-order valence-electron chi connectivity index (χ1n) is 5.75. The van der Waals surface area contributed by atoms with Gasteiger partial charge in [-0.2, -0.15) is 0 Å². The van der Waals surface area contributed by atoms with Gasteiger partial charge in [0.05, 0.1) is 24.2 Å². The monoisotopic (exact) mass is 269 g/mol. The lowest BCUT2D eigenvalue weighted by Crippen LogP contribution is -2.10. The van der Waals surface area contributed by atoms with Gasteiger partial charge < -0.3 is 15.0 Å². The van der Waals surface area contributed by atoms with Crippen molar-refractivity contribution >= 4 is 22.8 Å². The van der Waals surface area contributed by atoms with Gasteiger partial charge in [0, 0.05) is 25.4 Å². The summed E-state index contributed by atoms with van der Waals surface area (Å²) in [6.07, 6.45) is 0. The second-order valence-corrected chi connectivity index (χ2v) is 4.90. The van der Waals surface area contributed by atoms with Crippen molar-refractivity contribution in [3.8, 4) is 0 Å². The SMILES string of the molecule is Cn1c(SCCOCCN)nc2cc(F)ccc21. The number of aryl methyl sites for hydroxylation is 1. The van der Waals surface area contributed by atoms with Gasteiger partial charge in [-0.05, 0) is 12.1 Å². The fraction of sp³-hybridized carbons (Fsp3) is 0.417. The molecule has 0 aliphatic rings. The minimum absolute atomic E-state index is 0.261. The molecule has 0 fully saturated rings. The molecule has 1 heterocycles. The van der Waals surface area contributed by atoms with Crippen LogP contribution in [0.5, 0.6) is 0 Å². The average Bonchev–Trinajstić information content (AvgIpc) is 2.65. The highest BCUT2D eigenvalue weighted by Crippen LogP contribution is 2.23. The number of rotatable bonds is 6. The molecule has 6 heteroatoms. The number of aromatic nitrogens is 2. The standard InChI is InChI=1S/C12H16FN3OS/c1-16-11-3-2-9(13)8-10(11)15-12(16)18-7-6-17-5-4-14/h2-3,8H,4-7,14H2,1H3. The van der Waals surface area contributed by atoms with Gasteiger partial charge in [-0.3, -0.25) is 0 Å². The molecule has 2 aromatic rings. The highest BCUT2D eigenvalue weighted by Gasteiger charge is 2.08. The van der Waals surface area contributed by atoms with Gasteiger partial charge in [0.15, 0.2) is 5.16 Å². The van der Waals surface area contributed by atoms with Gasteiger partial charge in [0.25, 0.3) is 0 Å². The van der Waals surface area contributed by atoms with E-state index in [-0.39, 0.29) is 5.82 Å². The van der Waals surface area contributed by atoms with Crippen LogP contribution in [0.25, 0.3) is 11.0 Å². The van der Waals surface area contributed by atoms with E-state index >= 15 is 0 Å². The van der Waals surface area contributed by atoms with Gasteiger partial charge in [0.2, 0.25) is 0 Å². The van der Waals surface area contributed by atoms with Crippen LogP contribution in [-0.2, 0) is 11.8 Å². The summed E-state index contributed by atoms with van der Waals surface area (Å²) in [5.74, 6) is 0.544. The number of nitrogens with zero attached hydrogens (tertiary/aromatic N) is 2. The largest absolute Gasteiger partial charge is 0.379 e. The maximum absolute atomic E-state index is 13.1. The van der Waals surface area contributed by atoms with Crippen LogP contribution in [0.1, 0.15) is 0 Å². The second-order valence-electron chi connectivity index (χ2n) is 3.84. The highest BCUT2D eigenvalue weighted by atomic mass is 32.2. The zero-order valence-corrected chi connectivity index (χ0v) is 11.0. The van der Waals surface area contributed by atoms with Crippen molar-refractivity contribution in [2.75, 3.05) is 25.5 Å². The molecule has 2 rings (SSSR count). The number of fused-ring (bicyclic) bond motifs is 1.